The number of carbonyl (C=O) groups excluding carboxylic acids is 1. The van der Waals surface area contributed by atoms with Gasteiger partial charge in [-0.3, -0.25) is 4.79 Å². The second-order valence-corrected chi connectivity index (χ2v) is 8.33. The van der Waals surface area contributed by atoms with Gasteiger partial charge >= 0.3 is 0 Å². The molecular formula is C24H47NO5. The Bertz CT molecular complexity index is 430. The van der Waals surface area contributed by atoms with Gasteiger partial charge in [-0.2, -0.15) is 0 Å². The molecule has 178 valence electrons. The van der Waals surface area contributed by atoms with Crippen LogP contribution in [0.1, 0.15) is 104 Å². The van der Waals surface area contributed by atoms with Crippen LogP contribution in [0.4, 0.5) is 0 Å². The maximum absolute atomic E-state index is 12.1. The molecule has 0 fully saturated rings. The third kappa shape index (κ3) is 14.9. The van der Waals surface area contributed by atoms with Gasteiger partial charge in [0.2, 0.25) is 5.91 Å². The standard InChI is InChI=1S/C24H47NO5/c1-3-5-7-8-9-10-11-12-13-14-16-18-22(28)24(30)25-20(19-26)23(29)21(27)17-15-6-4-2/h9-10,20-23,26-29H,3-8,11-19H2,1-2H3,(H,25,30)/b10-9-. The predicted octanol–water partition coefficient (Wildman–Crippen LogP) is 3.60. The molecule has 5 N–H and O–H groups in total. The Hall–Kier alpha value is -0.950. The molecular weight excluding hydrogens is 382 g/mol. The third-order valence-corrected chi connectivity index (χ3v) is 5.48. The van der Waals surface area contributed by atoms with E-state index in [2.05, 4.69) is 24.4 Å². The van der Waals surface area contributed by atoms with E-state index in [0.717, 1.165) is 57.8 Å². The predicted molar refractivity (Wildman–Crippen MR) is 122 cm³/mol. The lowest BCUT2D eigenvalue weighted by Gasteiger charge is -2.27. The van der Waals surface area contributed by atoms with Crippen molar-refractivity contribution in [2.45, 2.75) is 128 Å². The number of aliphatic hydroxyl groups is 4. The van der Waals surface area contributed by atoms with E-state index in [0.29, 0.717) is 12.8 Å². The minimum Gasteiger partial charge on any atom is -0.394 e. The Morgan fingerprint density at radius 3 is 1.93 bits per heavy atom. The zero-order valence-electron chi connectivity index (χ0n) is 19.3. The van der Waals surface area contributed by atoms with Gasteiger partial charge in [-0.25, -0.2) is 0 Å². The normalized spacial score (nSPS) is 15.8. The average molecular weight is 430 g/mol. The smallest absolute Gasteiger partial charge is 0.249 e. The molecule has 0 rings (SSSR count). The van der Waals surface area contributed by atoms with Crippen molar-refractivity contribution in [2.24, 2.45) is 0 Å². The van der Waals surface area contributed by atoms with Gasteiger partial charge in [-0.1, -0.05) is 77.4 Å². The molecule has 0 saturated carbocycles. The maximum atomic E-state index is 12.1. The average Bonchev–Trinajstić information content (AvgIpc) is 2.74. The van der Waals surface area contributed by atoms with Crippen molar-refractivity contribution in [3.63, 3.8) is 0 Å². The van der Waals surface area contributed by atoms with E-state index in [1.807, 2.05) is 6.92 Å². The van der Waals surface area contributed by atoms with Crippen LogP contribution in [-0.2, 0) is 4.79 Å². The Kier molecular flexibility index (Phi) is 19.3. The molecule has 0 bridgehead atoms. The number of nitrogens with one attached hydrogen (secondary N) is 1. The largest absolute Gasteiger partial charge is 0.394 e. The number of unbranched alkanes of at least 4 members (excludes halogenated alkanes) is 9. The zero-order valence-corrected chi connectivity index (χ0v) is 19.3. The van der Waals surface area contributed by atoms with E-state index in [9.17, 15) is 25.2 Å². The first-order chi connectivity index (χ1) is 14.5. The van der Waals surface area contributed by atoms with Crippen LogP contribution < -0.4 is 5.32 Å². The fourth-order valence-electron chi connectivity index (χ4n) is 3.39. The molecule has 0 aliphatic rings. The molecule has 0 spiro atoms. The SMILES string of the molecule is CCCCC/C=C\CCCCCCC(O)C(=O)NC(CO)C(O)C(O)CCCCC. The molecule has 30 heavy (non-hydrogen) atoms. The third-order valence-electron chi connectivity index (χ3n) is 5.48. The van der Waals surface area contributed by atoms with Crippen molar-refractivity contribution < 1.29 is 25.2 Å². The van der Waals surface area contributed by atoms with Crippen LogP contribution in [0.25, 0.3) is 0 Å². The number of aliphatic hydroxyl groups excluding tert-OH is 4. The summed E-state index contributed by atoms with van der Waals surface area (Å²) in [5.74, 6) is -0.608. The van der Waals surface area contributed by atoms with Crippen LogP contribution in [0.2, 0.25) is 0 Å². The number of allylic oxidation sites excluding steroid dienone is 2. The molecule has 6 nitrogen and oxygen atoms in total. The maximum Gasteiger partial charge on any atom is 0.249 e. The highest BCUT2D eigenvalue weighted by molar-refractivity contribution is 5.80. The van der Waals surface area contributed by atoms with E-state index in [4.69, 9.17) is 0 Å². The first-order valence-electron chi connectivity index (χ1n) is 12.1. The first-order valence-corrected chi connectivity index (χ1v) is 12.1. The van der Waals surface area contributed by atoms with Gasteiger partial charge < -0.3 is 25.7 Å². The zero-order chi connectivity index (χ0) is 22.6. The molecule has 0 heterocycles. The summed E-state index contributed by atoms with van der Waals surface area (Å²) in [5, 5.41) is 42.2. The summed E-state index contributed by atoms with van der Waals surface area (Å²) in [6, 6.07) is -0.979. The summed E-state index contributed by atoms with van der Waals surface area (Å²) in [6.07, 6.45) is 14.5. The lowest BCUT2D eigenvalue weighted by Crippen LogP contribution is -2.53. The molecule has 0 aromatic heterocycles. The fourth-order valence-corrected chi connectivity index (χ4v) is 3.39. The summed E-state index contributed by atoms with van der Waals surface area (Å²) in [4.78, 5) is 12.1. The monoisotopic (exact) mass is 429 g/mol. The highest BCUT2D eigenvalue weighted by Gasteiger charge is 2.28. The molecule has 4 unspecified atom stereocenters. The van der Waals surface area contributed by atoms with E-state index >= 15 is 0 Å². The molecule has 0 aliphatic heterocycles. The van der Waals surface area contributed by atoms with Crippen LogP contribution in [0.3, 0.4) is 0 Å². The number of rotatable bonds is 20. The number of hydrogen-bond acceptors (Lipinski definition) is 5. The minimum absolute atomic E-state index is 0.353. The molecule has 0 saturated heterocycles. The Balaban J connectivity index is 3.97. The Labute approximate surface area is 183 Å². The molecule has 0 aliphatic carbocycles. The van der Waals surface area contributed by atoms with Crippen molar-refractivity contribution in [1.82, 2.24) is 5.32 Å². The second-order valence-electron chi connectivity index (χ2n) is 8.33. The molecule has 4 atom stereocenters. The number of amides is 1. The molecule has 6 heteroatoms. The Morgan fingerprint density at radius 1 is 0.800 bits per heavy atom. The Morgan fingerprint density at radius 2 is 1.33 bits per heavy atom. The molecule has 0 radical (unpaired) electrons. The number of hydrogen-bond donors (Lipinski definition) is 5. The van der Waals surface area contributed by atoms with Gasteiger partial charge in [0.1, 0.15) is 12.2 Å². The first kappa shape index (κ1) is 29.1. The van der Waals surface area contributed by atoms with Crippen LogP contribution in [0, 0.1) is 0 Å². The summed E-state index contributed by atoms with van der Waals surface area (Å²) < 4.78 is 0. The van der Waals surface area contributed by atoms with E-state index in [-0.39, 0.29) is 0 Å². The van der Waals surface area contributed by atoms with E-state index in [1.165, 1.54) is 19.3 Å². The van der Waals surface area contributed by atoms with Crippen molar-refractivity contribution in [2.75, 3.05) is 6.61 Å². The van der Waals surface area contributed by atoms with Gasteiger partial charge in [-0.05, 0) is 38.5 Å². The lowest BCUT2D eigenvalue weighted by molar-refractivity contribution is -0.132. The van der Waals surface area contributed by atoms with Crippen LogP contribution >= 0.6 is 0 Å². The van der Waals surface area contributed by atoms with E-state index in [1.54, 1.807) is 0 Å². The van der Waals surface area contributed by atoms with Gasteiger partial charge in [0.25, 0.3) is 0 Å². The van der Waals surface area contributed by atoms with E-state index < -0.39 is 36.9 Å². The summed E-state index contributed by atoms with van der Waals surface area (Å²) in [6.45, 7) is 3.77. The number of carbonyl (C=O) groups is 1. The van der Waals surface area contributed by atoms with Crippen LogP contribution in [0.5, 0.6) is 0 Å². The summed E-state index contributed by atoms with van der Waals surface area (Å²) in [7, 11) is 0. The quantitative estimate of drug-likeness (QED) is 0.150. The lowest BCUT2D eigenvalue weighted by atomic mass is 10.00. The van der Waals surface area contributed by atoms with Gasteiger partial charge in [-0.15, -0.1) is 0 Å². The molecule has 0 aromatic rings. The molecule has 0 aromatic carbocycles. The summed E-state index contributed by atoms with van der Waals surface area (Å²) in [5.41, 5.74) is 0. The van der Waals surface area contributed by atoms with Crippen LogP contribution in [0.15, 0.2) is 12.2 Å². The fraction of sp³-hybridized carbons (Fsp3) is 0.875. The van der Waals surface area contributed by atoms with Gasteiger partial charge in [0, 0.05) is 0 Å². The topological polar surface area (TPSA) is 110 Å². The highest BCUT2D eigenvalue weighted by Crippen LogP contribution is 2.12. The second kappa shape index (κ2) is 20.0. The van der Waals surface area contributed by atoms with Crippen molar-refractivity contribution in [3.05, 3.63) is 12.2 Å². The van der Waals surface area contributed by atoms with Gasteiger partial charge in [0.05, 0.1) is 18.8 Å². The highest BCUT2D eigenvalue weighted by atomic mass is 16.3. The van der Waals surface area contributed by atoms with Crippen molar-refractivity contribution >= 4 is 5.91 Å². The minimum atomic E-state index is -1.25. The van der Waals surface area contributed by atoms with Crippen molar-refractivity contribution in [1.29, 1.82) is 0 Å². The van der Waals surface area contributed by atoms with Gasteiger partial charge in [0.15, 0.2) is 0 Å². The van der Waals surface area contributed by atoms with Crippen LogP contribution in [-0.4, -0.2) is 57.3 Å². The van der Waals surface area contributed by atoms with Crippen molar-refractivity contribution in [3.8, 4) is 0 Å². The summed E-state index contributed by atoms with van der Waals surface area (Å²) >= 11 is 0. The molecule has 1 amide bonds.